The van der Waals surface area contributed by atoms with Crippen molar-refractivity contribution in [3.05, 3.63) is 66.0 Å². The third-order valence-corrected chi connectivity index (χ3v) is 5.71. The molecule has 1 unspecified atom stereocenters. The SMILES string of the molecule is CN=C(NCC(=O)N(C)CCc1ccccn1)NCC(c1ccccc1)N1CCCC1. The van der Waals surface area contributed by atoms with Crippen molar-refractivity contribution >= 4 is 11.9 Å². The van der Waals surface area contributed by atoms with Crippen molar-refractivity contribution in [2.75, 3.05) is 46.8 Å². The molecule has 1 atom stereocenters. The van der Waals surface area contributed by atoms with Gasteiger partial charge in [0.25, 0.3) is 0 Å². The number of carbonyl (C=O) groups is 1. The van der Waals surface area contributed by atoms with Gasteiger partial charge in [0.05, 0.1) is 12.6 Å². The van der Waals surface area contributed by atoms with Crippen LogP contribution in [0.3, 0.4) is 0 Å². The van der Waals surface area contributed by atoms with Crippen molar-refractivity contribution in [1.82, 2.24) is 25.4 Å². The Morgan fingerprint density at radius 2 is 1.87 bits per heavy atom. The average molecular weight is 423 g/mol. The maximum atomic E-state index is 12.5. The molecule has 1 aliphatic heterocycles. The maximum absolute atomic E-state index is 12.5. The van der Waals surface area contributed by atoms with Crippen LogP contribution in [0.4, 0.5) is 0 Å². The maximum Gasteiger partial charge on any atom is 0.241 e. The fourth-order valence-corrected chi connectivity index (χ4v) is 3.85. The first-order valence-corrected chi connectivity index (χ1v) is 11.0. The lowest BCUT2D eigenvalue weighted by atomic mass is 10.1. The lowest BCUT2D eigenvalue weighted by molar-refractivity contribution is -0.128. The zero-order valence-electron chi connectivity index (χ0n) is 18.6. The van der Waals surface area contributed by atoms with E-state index in [4.69, 9.17) is 0 Å². The van der Waals surface area contributed by atoms with E-state index in [1.165, 1.54) is 18.4 Å². The lowest BCUT2D eigenvalue weighted by Gasteiger charge is -2.29. The second kappa shape index (κ2) is 12.1. The highest BCUT2D eigenvalue weighted by atomic mass is 16.2. The van der Waals surface area contributed by atoms with Crippen LogP contribution in [0.5, 0.6) is 0 Å². The summed E-state index contributed by atoms with van der Waals surface area (Å²) in [4.78, 5) is 25.4. The first kappa shape index (κ1) is 22.7. The number of aliphatic imine (C=N–C) groups is 1. The number of aromatic nitrogens is 1. The molecule has 0 radical (unpaired) electrons. The van der Waals surface area contributed by atoms with E-state index in [9.17, 15) is 4.79 Å². The van der Waals surface area contributed by atoms with Gasteiger partial charge in [-0.2, -0.15) is 0 Å². The predicted octanol–water partition coefficient (Wildman–Crippen LogP) is 2.08. The molecule has 0 saturated carbocycles. The van der Waals surface area contributed by atoms with Gasteiger partial charge in [-0.25, -0.2) is 0 Å². The number of nitrogens with zero attached hydrogens (tertiary/aromatic N) is 4. The second-order valence-corrected chi connectivity index (χ2v) is 7.86. The van der Waals surface area contributed by atoms with Crippen molar-refractivity contribution < 1.29 is 4.79 Å². The minimum absolute atomic E-state index is 0.0260. The van der Waals surface area contributed by atoms with Gasteiger partial charge in [-0.15, -0.1) is 0 Å². The van der Waals surface area contributed by atoms with Crippen LogP contribution < -0.4 is 10.6 Å². The molecule has 2 N–H and O–H groups in total. The number of hydrogen-bond donors (Lipinski definition) is 2. The summed E-state index contributed by atoms with van der Waals surface area (Å²) in [5.74, 6) is 0.671. The van der Waals surface area contributed by atoms with E-state index < -0.39 is 0 Å². The number of nitrogens with one attached hydrogen (secondary N) is 2. The quantitative estimate of drug-likeness (QED) is 0.478. The zero-order chi connectivity index (χ0) is 21.9. The molecule has 0 bridgehead atoms. The second-order valence-electron chi connectivity index (χ2n) is 7.86. The van der Waals surface area contributed by atoms with E-state index in [1.807, 2.05) is 25.2 Å². The minimum Gasteiger partial charge on any atom is -0.354 e. The highest BCUT2D eigenvalue weighted by Gasteiger charge is 2.23. The summed E-state index contributed by atoms with van der Waals surface area (Å²) in [7, 11) is 3.56. The summed E-state index contributed by atoms with van der Waals surface area (Å²) in [6, 6.07) is 16.7. The van der Waals surface area contributed by atoms with E-state index in [1.54, 1.807) is 18.1 Å². The van der Waals surface area contributed by atoms with Gasteiger partial charge in [0.1, 0.15) is 0 Å². The molecule has 1 fully saturated rings. The van der Waals surface area contributed by atoms with E-state index >= 15 is 0 Å². The number of guanidine groups is 1. The van der Waals surface area contributed by atoms with Crippen LogP contribution in [0.25, 0.3) is 0 Å². The van der Waals surface area contributed by atoms with Gasteiger partial charge < -0.3 is 15.5 Å². The Bertz CT molecular complexity index is 820. The van der Waals surface area contributed by atoms with Gasteiger partial charge >= 0.3 is 0 Å². The molecule has 1 amide bonds. The number of rotatable bonds is 9. The van der Waals surface area contributed by atoms with Crippen LogP contribution in [0.15, 0.2) is 59.7 Å². The van der Waals surface area contributed by atoms with Crippen molar-refractivity contribution in [1.29, 1.82) is 0 Å². The minimum atomic E-state index is 0.0260. The summed E-state index contributed by atoms with van der Waals surface area (Å²) in [6.07, 6.45) is 5.01. The van der Waals surface area contributed by atoms with Gasteiger partial charge in [-0.05, 0) is 43.6 Å². The van der Waals surface area contributed by atoms with Crippen LogP contribution in [0, 0.1) is 0 Å². The van der Waals surface area contributed by atoms with E-state index in [-0.39, 0.29) is 12.5 Å². The van der Waals surface area contributed by atoms with Crippen LogP contribution in [-0.2, 0) is 11.2 Å². The van der Waals surface area contributed by atoms with E-state index in [0.717, 1.165) is 31.7 Å². The lowest BCUT2D eigenvalue weighted by Crippen LogP contribution is -2.46. The fraction of sp³-hybridized carbons (Fsp3) is 0.458. The third-order valence-electron chi connectivity index (χ3n) is 5.71. The summed E-state index contributed by atoms with van der Waals surface area (Å²) in [6.45, 7) is 3.82. The smallest absolute Gasteiger partial charge is 0.241 e. The molecule has 1 aromatic carbocycles. The first-order valence-electron chi connectivity index (χ1n) is 11.0. The summed E-state index contributed by atoms with van der Waals surface area (Å²) in [5.41, 5.74) is 2.29. The Balaban J connectivity index is 1.47. The molecule has 7 nitrogen and oxygen atoms in total. The number of benzene rings is 1. The normalized spacial score (nSPS) is 15.5. The van der Waals surface area contributed by atoms with Crippen molar-refractivity contribution in [3.8, 4) is 0 Å². The molecule has 3 rings (SSSR count). The van der Waals surface area contributed by atoms with Crippen molar-refractivity contribution in [2.24, 2.45) is 4.99 Å². The molecular weight excluding hydrogens is 388 g/mol. The highest BCUT2D eigenvalue weighted by Crippen LogP contribution is 2.24. The Labute approximate surface area is 185 Å². The van der Waals surface area contributed by atoms with Crippen LogP contribution in [0.2, 0.25) is 0 Å². The molecule has 0 spiro atoms. The van der Waals surface area contributed by atoms with Crippen LogP contribution in [0.1, 0.15) is 30.1 Å². The number of amides is 1. The van der Waals surface area contributed by atoms with Gasteiger partial charge in [-0.3, -0.25) is 19.7 Å². The number of likely N-dealkylation sites (tertiary alicyclic amines) is 1. The average Bonchev–Trinajstić information content (AvgIpc) is 3.35. The highest BCUT2D eigenvalue weighted by molar-refractivity contribution is 5.86. The fourth-order valence-electron chi connectivity index (χ4n) is 3.85. The monoisotopic (exact) mass is 422 g/mol. The first-order chi connectivity index (χ1) is 15.2. The topological polar surface area (TPSA) is 72.9 Å². The molecule has 2 heterocycles. The molecule has 2 aromatic rings. The van der Waals surface area contributed by atoms with Crippen molar-refractivity contribution in [2.45, 2.75) is 25.3 Å². The van der Waals surface area contributed by atoms with Gasteiger partial charge in [0.2, 0.25) is 5.91 Å². The number of likely N-dealkylation sites (N-methyl/N-ethyl adjacent to an activating group) is 1. The van der Waals surface area contributed by atoms with Crippen molar-refractivity contribution in [3.63, 3.8) is 0 Å². The van der Waals surface area contributed by atoms with Gasteiger partial charge in [0, 0.05) is 45.5 Å². The Morgan fingerprint density at radius 1 is 1.13 bits per heavy atom. The zero-order valence-corrected chi connectivity index (χ0v) is 18.6. The standard InChI is InChI=1S/C24H34N6O/c1-25-24(28-19-23(31)29(2)17-13-21-12-6-7-14-26-21)27-18-22(30-15-8-9-16-30)20-10-4-3-5-11-20/h3-7,10-12,14,22H,8-9,13,15-19H2,1-2H3,(H2,25,27,28). The molecule has 1 aromatic heterocycles. The number of carbonyl (C=O) groups excluding carboxylic acids is 1. The number of pyridine rings is 1. The Kier molecular flexibility index (Phi) is 8.84. The molecule has 1 saturated heterocycles. The third kappa shape index (κ3) is 7.07. The van der Waals surface area contributed by atoms with Crippen LogP contribution >= 0.6 is 0 Å². The molecule has 0 aliphatic carbocycles. The molecule has 7 heteroatoms. The molecule has 31 heavy (non-hydrogen) atoms. The molecule has 1 aliphatic rings. The van der Waals surface area contributed by atoms with Gasteiger partial charge in [-0.1, -0.05) is 36.4 Å². The summed E-state index contributed by atoms with van der Waals surface area (Å²) < 4.78 is 0. The summed E-state index contributed by atoms with van der Waals surface area (Å²) >= 11 is 0. The number of hydrogen-bond acceptors (Lipinski definition) is 4. The van der Waals surface area contributed by atoms with E-state index in [2.05, 4.69) is 55.8 Å². The Hall–Kier alpha value is -2.93. The Morgan fingerprint density at radius 3 is 2.55 bits per heavy atom. The van der Waals surface area contributed by atoms with Gasteiger partial charge in [0.15, 0.2) is 5.96 Å². The largest absolute Gasteiger partial charge is 0.354 e. The summed E-state index contributed by atoms with van der Waals surface area (Å²) in [5, 5.41) is 6.57. The van der Waals surface area contributed by atoms with E-state index in [0.29, 0.717) is 18.5 Å². The molecular formula is C24H34N6O. The van der Waals surface area contributed by atoms with Crippen LogP contribution in [-0.4, -0.2) is 73.5 Å². The molecule has 166 valence electrons. The predicted molar refractivity (Wildman–Crippen MR) is 125 cm³/mol.